The van der Waals surface area contributed by atoms with Crippen LogP contribution in [0.25, 0.3) is 0 Å². The molecule has 0 spiro atoms. The first kappa shape index (κ1) is 18.5. The predicted molar refractivity (Wildman–Crippen MR) is 103 cm³/mol. The Morgan fingerprint density at radius 1 is 1.04 bits per heavy atom. The van der Waals surface area contributed by atoms with Gasteiger partial charge in [-0.25, -0.2) is 0 Å². The topological polar surface area (TPSA) is 29.3 Å². The molecule has 0 saturated heterocycles. The Bertz CT molecular complexity index is 595. The van der Waals surface area contributed by atoms with E-state index >= 15 is 0 Å². The second-order valence-corrected chi connectivity index (χ2v) is 8.13. The van der Waals surface area contributed by atoms with E-state index in [1.807, 2.05) is 18.2 Å². The minimum absolute atomic E-state index is 0.0740. The molecule has 0 atom stereocenters. The fraction of sp³-hybridized carbons (Fsp3) is 0.368. The Morgan fingerprint density at radius 2 is 1.65 bits per heavy atom. The summed E-state index contributed by atoms with van der Waals surface area (Å²) in [5.41, 5.74) is 8.52. The Balaban J connectivity index is 2.17. The molecule has 0 unspecified atom stereocenters. The molecule has 2 aromatic rings. The van der Waals surface area contributed by atoms with Crippen molar-refractivity contribution in [3.63, 3.8) is 0 Å². The van der Waals surface area contributed by atoms with E-state index in [9.17, 15) is 0 Å². The summed E-state index contributed by atoms with van der Waals surface area (Å²) in [5, 5.41) is 0.781. The maximum atomic E-state index is 6.12. The van der Waals surface area contributed by atoms with Crippen molar-refractivity contribution in [2.24, 2.45) is 11.1 Å². The van der Waals surface area contributed by atoms with Crippen molar-refractivity contribution in [1.29, 1.82) is 0 Å². The largest absolute Gasteiger partial charge is 0.330 e. The van der Waals surface area contributed by atoms with Crippen molar-refractivity contribution >= 4 is 27.5 Å². The zero-order chi connectivity index (χ0) is 16.9. The molecule has 0 saturated carbocycles. The number of hydrogen-bond donors (Lipinski definition) is 1. The van der Waals surface area contributed by atoms with Crippen LogP contribution in [0.1, 0.15) is 25.0 Å². The van der Waals surface area contributed by atoms with Crippen LogP contribution >= 0.6 is 27.5 Å². The minimum atomic E-state index is 0.0740. The standard InChI is InChI=1S/C19H24BrClN2/c1-19(2,13-22)14-23(11-15-5-3-7-17(20)9-15)12-16-6-4-8-18(21)10-16/h3-10H,11-14,22H2,1-2H3. The molecule has 4 heteroatoms. The lowest BCUT2D eigenvalue weighted by Crippen LogP contribution is -2.38. The Morgan fingerprint density at radius 3 is 2.22 bits per heavy atom. The maximum absolute atomic E-state index is 6.12. The van der Waals surface area contributed by atoms with Gasteiger partial charge in [0, 0.05) is 29.1 Å². The van der Waals surface area contributed by atoms with Gasteiger partial charge in [-0.1, -0.05) is 65.6 Å². The number of hydrogen-bond acceptors (Lipinski definition) is 2. The summed E-state index contributed by atoms with van der Waals surface area (Å²) < 4.78 is 1.11. The van der Waals surface area contributed by atoms with Crippen molar-refractivity contribution < 1.29 is 0 Å². The van der Waals surface area contributed by atoms with Gasteiger partial charge in [-0.15, -0.1) is 0 Å². The van der Waals surface area contributed by atoms with Gasteiger partial charge in [0.2, 0.25) is 0 Å². The molecular formula is C19H24BrClN2. The van der Waals surface area contributed by atoms with Crippen molar-refractivity contribution in [3.8, 4) is 0 Å². The fourth-order valence-corrected chi connectivity index (χ4v) is 3.28. The molecule has 2 aromatic carbocycles. The zero-order valence-corrected chi connectivity index (χ0v) is 16.1. The van der Waals surface area contributed by atoms with Crippen LogP contribution in [0.15, 0.2) is 53.0 Å². The van der Waals surface area contributed by atoms with Gasteiger partial charge in [0.25, 0.3) is 0 Å². The van der Waals surface area contributed by atoms with Gasteiger partial charge in [-0.05, 0) is 47.4 Å². The zero-order valence-electron chi connectivity index (χ0n) is 13.7. The molecular weight excluding hydrogens is 372 g/mol. The Labute approximate surface area is 152 Å². The summed E-state index contributed by atoms with van der Waals surface area (Å²) in [5.74, 6) is 0. The average Bonchev–Trinajstić information content (AvgIpc) is 2.47. The number of halogens is 2. The molecule has 0 aromatic heterocycles. The molecule has 0 bridgehead atoms. The monoisotopic (exact) mass is 394 g/mol. The normalized spacial score (nSPS) is 11.9. The third-order valence-electron chi connectivity index (χ3n) is 3.79. The van der Waals surface area contributed by atoms with E-state index in [0.29, 0.717) is 6.54 Å². The van der Waals surface area contributed by atoms with E-state index in [-0.39, 0.29) is 5.41 Å². The van der Waals surface area contributed by atoms with Gasteiger partial charge >= 0.3 is 0 Å². The molecule has 2 N–H and O–H groups in total. The molecule has 0 fully saturated rings. The van der Waals surface area contributed by atoms with E-state index in [2.05, 4.69) is 65.0 Å². The highest BCUT2D eigenvalue weighted by molar-refractivity contribution is 9.10. The van der Waals surface area contributed by atoms with Crippen LogP contribution in [0.3, 0.4) is 0 Å². The van der Waals surface area contributed by atoms with Gasteiger partial charge < -0.3 is 5.73 Å². The summed E-state index contributed by atoms with van der Waals surface area (Å²) in [6.07, 6.45) is 0. The van der Waals surface area contributed by atoms with Crippen LogP contribution < -0.4 is 5.73 Å². The van der Waals surface area contributed by atoms with Crippen molar-refractivity contribution in [3.05, 3.63) is 69.2 Å². The Hall–Kier alpha value is -0.870. The molecule has 0 aliphatic rings. The van der Waals surface area contributed by atoms with Crippen molar-refractivity contribution in [2.75, 3.05) is 13.1 Å². The first-order valence-electron chi connectivity index (χ1n) is 7.79. The maximum Gasteiger partial charge on any atom is 0.0409 e. The number of rotatable bonds is 7. The lowest BCUT2D eigenvalue weighted by molar-refractivity contribution is 0.168. The van der Waals surface area contributed by atoms with Crippen molar-refractivity contribution in [1.82, 2.24) is 4.90 Å². The highest BCUT2D eigenvalue weighted by atomic mass is 79.9. The molecule has 124 valence electrons. The average molecular weight is 396 g/mol. The number of nitrogens with two attached hydrogens (primary N) is 1. The van der Waals surface area contributed by atoms with E-state index in [4.69, 9.17) is 17.3 Å². The first-order valence-corrected chi connectivity index (χ1v) is 8.96. The molecule has 23 heavy (non-hydrogen) atoms. The Kier molecular flexibility index (Phi) is 6.66. The summed E-state index contributed by atoms with van der Waals surface area (Å²) in [6.45, 7) is 7.75. The smallest absolute Gasteiger partial charge is 0.0409 e. The third-order valence-corrected chi connectivity index (χ3v) is 4.52. The predicted octanol–water partition coefficient (Wildman–Crippen LogP) is 5.09. The van der Waals surface area contributed by atoms with Crippen LogP contribution in [0.2, 0.25) is 5.02 Å². The van der Waals surface area contributed by atoms with Gasteiger partial charge in [0.15, 0.2) is 0 Å². The quantitative estimate of drug-likeness (QED) is 0.707. The van der Waals surface area contributed by atoms with Crippen molar-refractivity contribution in [2.45, 2.75) is 26.9 Å². The van der Waals surface area contributed by atoms with Gasteiger partial charge in [-0.3, -0.25) is 4.90 Å². The summed E-state index contributed by atoms with van der Waals surface area (Å²) in [7, 11) is 0. The minimum Gasteiger partial charge on any atom is -0.330 e. The van der Waals surface area contributed by atoms with Gasteiger partial charge in [0.1, 0.15) is 0 Å². The van der Waals surface area contributed by atoms with Gasteiger partial charge in [-0.2, -0.15) is 0 Å². The molecule has 0 aliphatic carbocycles. The highest BCUT2D eigenvalue weighted by Crippen LogP contribution is 2.21. The summed E-state index contributed by atoms with van der Waals surface area (Å²) >= 11 is 9.67. The highest BCUT2D eigenvalue weighted by Gasteiger charge is 2.20. The van der Waals surface area contributed by atoms with E-state index in [1.54, 1.807) is 0 Å². The van der Waals surface area contributed by atoms with Crippen LogP contribution in [-0.4, -0.2) is 18.0 Å². The van der Waals surface area contributed by atoms with Crippen LogP contribution in [0, 0.1) is 5.41 Å². The lowest BCUT2D eigenvalue weighted by atomic mass is 9.92. The number of nitrogens with zero attached hydrogens (tertiary/aromatic N) is 1. The van der Waals surface area contributed by atoms with E-state index in [1.165, 1.54) is 11.1 Å². The lowest BCUT2D eigenvalue weighted by Gasteiger charge is -2.32. The van der Waals surface area contributed by atoms with E-state index in [0.717, 1.165) is 29.1 Å². The number of benzene rings is 2. The molecule has 0 amide bonds. The SMILES string of the molecule is CC(C)(CN)CN(Cc1cccc(Cl)c1)Cc1cccc(Br)c1. The van der Waals surface area contributed by atoms with Crippen LogP contribution in [0.5, 0.6) is 0 Å². The molecule has 0 radical (unpaired) electrons. The van der Waals surface area contributed by atoms with Crippen LogP contribution in [0.4, 0.5) is 0 Å². The molecule has 0 aliphatic heterocycles. The van der Waals surface area contributed by atoms with Crippen LogP contribution in [-0.2, 0) is 13.1 Å². The van der Waals surface area contributed by atoms with Gasteiger partial charge in [0.05, 0.1) is 0 Å². The summed E-state index contributed by atoms with van der Waals surface area (Å²) in [6, 6.07) is 16.5. The second-order valence-electron chi connectivity index (χ2n) is 6.77. The molecule has 0 heterocycles. The third kappa shape index (κ3) is 6.27. The van der Waals surface area contributed by atoms with E-state index < -0.39 is 0 Å². The first-order chi connectivity index (χ1) is 10.9. The molecule has 2 nitrogen and oxygen atoms in total. The summed E-state index contributed by atoms with van der Waals surface area (Å²) in [4.78, 5) is 2.43. The fourth-order valence-electron chi connectivity index (χ4n) is 2.62. The molecule has 2 rings (SSSR count). The second kappa shape index (κ2) is 8.29.